The summed E-state index contributed by atoms with van der Waals surface area (Å²) in [6, 6.07) is 10.1. The lowest BCUT2D eigenvalue weighted by molar-refractivity contribution is -0.119. The van der Waals surface area contributed by atoms with Crippen LogP contribution in [0.25, 0.3) is 0 Å². The minimum absolute atomic E-state index is 0.00201. The lowest BCUT2D eigenvalue weighted by Crippen LogP contribution is -2.51. The van der Waals surface area contributed by atoms with E-state index in [4.69, 9.17) is 4.74 Å². The first-order valence-electron chi connectivity index (χ1n) is 8.26. The average Bonchev–Trinajstić information content (AvgIpc) is 3.00. The maximum atomic E-state index is 12.9. The summed E-state index contributed by atoms with van der Waals surface area (Å²) in [5.41, 5.74) is 1.61. The Labute approximate surface area is 147 Å². The highest BCUT2D eigenvalue weighted by molar-refractivity contribution is 7.09. The van der Waals surface area contributed by atoms with Crippen LogP contribution in [0.15, 0.2) is 35.7 Å². The van der Waals surface area contributed by atoms with Crippen molar-refractivity contribution in [1.82, 2.24) is 9.88 Å². The molecule has 1 amide bonds. The van der Waals surface area contributed by atoms with Gasteiger partial charge in [0.25, 0.3) is 5.91 Å². The Hall–Kier alpha value is -1.72. The number of thiazole rings is 1. The molecule has 1 saturated heterocycles. The molecule has 4 nitrogen and oxygen atoms in total. The van der Waals surface area contributed by atoms with E-state index in [-0.39, 0.29) is 23.5 Å². The second kappa shape index (κ2) is 6.65. The van der Waals surface area contributed by atoms with Gasteiger partial charge in [-0.1, -0.05) is 51.1 Å². The highest BCUT2D eigenvalue weighted by atomic mass is 32.1. The maximum Gasteiger partial charge on any atom is 0.273 e. The molecule has 0 N–H and O–H groups in total. The van der Waals surface area contributed by atoms with Crippen molar-refractivity contribution in [2.75, 3.05) is 13.1 Å². The molecule has 0 aliphatic carbocycles. The number of aromatic nitrogens is 1. The number of carbonyl (C=O) groups is 1. The molecule has 128 valence electrons. The Bertz CT molecular complexity index is 706. The van der Waals surface area contributed by atoms with E-state index < -0.39 is 0 Å². The van der Waals surface area contributed by atoms with Crippen molar-refractivity contribution in [3.63, 3.8) is 0 Å². The number of rotatable bonds is 2. The van der Waals surface area contributed by atoms with Gasteiger partial charge in [0, 0.05) is 11.9 Å². The quantitative estimate of drug-likeness (QED) is 0.824. The Kier molecular flexibility index (Phi) is 4.74. The van der Waals surface area contributed by atoms with E-state index >= 15 is 0 Å². The highest BCUT2D eigenvalue weighted by Gasteiger charge is 2.38. The molecular formula is C19H24N2O2S. The van der Waals surface area contributed by atoms with Gasteiger partial charge in [-0.05, 0) is 17.9 Å². The van der Waals surface area contributed by atoms with Gasteiger partial charge in [-0.15, -0.1) is 11.3 Å². The standard InChI is InChI=1S/C19H24N2O2S/c1-13-20-15(12-24-13)18(22)21-10-16(14-8-6-5-7-9-14)23-17(11-21)19(2,3)4/h5-9,12,16-17H,10-11H2,1-4H3/t16-,17+/m0/s1. The van der Waals surface area contributed by atoms with Crippen LogP contribution in [-0.4, -0.2) is 35.0 Å². The van der Waals surface area contributed by atoms with Crippen LogP contribution in [0.4, 0.5) is 0 Å². The van der Waals surface area contributed by atoms with E-state index in [9.17, 15) is 4.79 Å². The van der Waals surface area contributed by atoms with Gasteiger partial charge in [-0.25, -0.2) is 4.98 Å². The maximum absolute atomic E-state index is 12.9. The molecule has 1 fully saturated rings. The number of aryl methyl sites for hydroxylation is 1. The van der Waals surface area contributed by atoms with E-state index in [2.05, 4.69) is 37.9 Å². The van der Waals surface area contributed by atoms with E-state index in [1.807, 2.05) is 35.4 Å². The number of ether oxygens (including phenoxy) is 1. The van der Waals surface area contributed by atoms with Crippen molar-refractivity contribution >= 4 is 17.2 Å². The summed E-state index contributed by atoms with van der Waals surface area (Å²) in [4.78, 5) is 19.1. The summed E-state index contributed by atoms with van der Waals surface area (Å²) in [6.07, 6.45) is -0.118. The van der Waals surface area contributed by atoms with Gasteiger partial charge < -0.3 is 9.64 Å². The van der Waals surface area contributed by atoms with Crippen LogP contribution in [0.3, 0.4) is 0 Å². The summed E-state index contributed by atoms with van der Waals surface area (Å²) in [5, 5.41) is 2.76. The molecule has 1 aliphatic rings. The number of hydrogen-bond donors (Lipinski definition) is 0. The van der Waals surface area contributed by atoms with Gasteiger partial charge in [-0.3, -0.25) is 4.79 Å². The third kappa shape index (κ3) is 3.68. The molecular weight excluding hydrogens is 320 g/mol. The predicted molar refractivity (Wildman–Crippen MR) is 96.3 cm³/mol. The van der Waals surface area contributed by atoms with Crippen molar-refractivity contribution < 1.29 is 9.53 Å². The first-order valence-corrected chi connectivity index (χ1v) is 9.14. The predicted octanol–water partition coefficient (Wildman–Crippen LogP) is 4.08. The van der Waals surface area contributed by atoms with Crippen LogP contribution in [-0.2, 0) is 4.74 Å². The zero-order chi connectivity index (χ0) is 17.3. The monoisotopic (exact) mass is 344 g/mol. The third-order valence-corrected chi connectivity index (χ3v) is 5.14. The summed E-state index contributed by atoms with van der Waals surface area (Å²) in [6.45, 7) is 9.54. The van der Waals surface area contributed by atoms with Gasteiger partial charge in [0.05, 0.1) is 17.7 Å². The number of carbonyl (C=O) groups excluding carboxylic acids is 1. The normalized spacial score (nSPS) is 21.8. The van der Waals surface area contributed by atoms with Crippen LogP contribution < -0.4 is 0 Å². The Balaban J connectivity index is 1.87. The Morgan fingerprint density at radius 1 is 1.25 bits per heavy atom. The highest BCUT2D eigenvalue weighted by Crippen LogP contribution is 2.34. The van der Waals surface area contributed by atoms with Gasteiger partial charge >= 0.3 is 0 Å². The molecule has 0 bridgehead atoms. The number of morpholine rings is 1. The molecule has 2 atom stereocenters. The van der Waals surface area contributed by atoms with E-state index in [1.165, 1.54) is 11.3 Å². The van der Waals surface area contributed by atoms with Gasteiger partial charge in [0.1, 0.15) is 11.8 Å². The fraction of sp³-hybridized carbons (Fsp3) is 0.474. The van der Waals surface area contributed by atoms with Crippen molar-refractivity contribution in [1.29, 1.82) is 0 Å². The molecule has 0 spiro atoms. The van der Waals surface area contributed by atoms with Gasteiger partial charge in [-0.2, -0.15) is 0 Å². The topological polar surface area (TPSA) is 42.4 Å². The minimum atomic E-state index is -0.104. The van der Waals surface area contributed by atoms with E-state index in [0.29, 0.717) is 18.8 Å². The van der Waals surface area contributed by atoms with Crippen LogP contribution >= 0.6 is 11.3 Å². The van der Waals surface area contributed by atoms with Gasteiger partial charge in [0.2, 0.25) is 0 Å². The van der Waals surface area contributed by atoms with E-state index in [1.54, 1.807) is 0 Å². The molecule has 2 aromatic rings. The number of benzene rings is 1. The SMILES string of the molecule is Cc1nc(C(=O)N2C[C@@H](c3ccccc3)O[C@@H](C(C)(C)C)C2)cs1. The van der Waals surface area contributed by atoms with Crippen LogP contribution in [0.2, 0.25) is 0 Å². The molecule has 24 heavy (non-hydrogen) atoms. The second-order valence-electron chi connectivity index (χ2n) is 7.35. The summed E-state index contributed by atoms with van der Waals surface area (Å²) in [5.74, 6) is -0.00201. The van der Waals surface area contributed by atoms with E-state index in [0.717, 1.165) is 10.6 Å². The zero-order valence-corrected chi connectivity index (χ0v) is 15.5. The first kappa shape index (κ1) is 17.1. The smallest absolute Gasteiger partial charge is 0.273 e. The Morgan fingerprint density at radius 2 is 1.96 bits per heavy atom. The molecule has 0 saturated carbocycles. The molecule has 0 unspecified atom stereocenters. The Morgan fingerprint density at radius 3 is 2.54 bits per heavy atom. The number of amides is 1. The lowest BCUT2D eigenvalue weighted by atomic mass is 9.87. The summed E-state index contributed by atoms with van der Waals surface area (Å²) < 4.78 is 6.35. The molecule has 0 radical (unpaired) electrons. The van der Waals surface area contributed by atoms with Crippen LogP contribution in [0.1, 0.15) is 47.9 Å². The average molecular weight is 344 g/mol. The fourth-order valence-electron chi connectivity index (χ4n) is 2.88. The number of hydrogen-bond acceptors (Lipinski definition) is 4. The van der Waals surface area contributed by atoms with Crippen molar-refractivity contribution in [2.45, 2.75) is 39.9 Å². The fourth-order valence-corrected chi connectivity index (χ4v) is 3.47. The summed E-state index contributed by atoms with van der Waals surface area (Å²) >= 11 is 1.51. The van der Waals surface area contributed by atoms with Gasteiger partial charge in [0.15, 0.2) is 0 Å². The molecule has 1 aliphatic heterocycles. The van der Waals surface area contributed by atoms with Crippen molar-refractivity contribution in [3.05, 3.63) is 52.0 Å². The largest absolute Gasteiger partial charge is 0.366 e. The molecule has 1 aromatic heterocycles. The molecule has 2 heterocycles. The molecule has 3 rings (SSSR count). The minimum Gasteiger partial charge on any atom is -0.366 e. The first-order chi connectivity index (χ1) is 11.3. The summed E-state index contributed by atoms with van der Waals surface area (Å²) in [7, 11) is 0. The van der Waals surface area contributed by atoms with Crippen LogP contribution in [0, 0.1) is 12.3 Å². The zero-order valence-electron chi connectivity index (χ0n) is 14.7. The number of nitrogens with zero attached hydrogens (tertiary/aromatic N) is 2. The lowest BCUT2D eigenvalue weighted by Gasteiger charge is -2.43. The van der Waals surface area contributed by atoms with Crippen molar-refractivity contribution in [2.24, 2.45) is 5.41 Å². The molecule has 1 aromatic carbocycles. The third-order valence-electron chi connectivity index (χ3n) is 4.36. The van der Waals surface area contributed by atoms with Crippen molar-refractivity contribution in [3.8, 4) is 0 Å². The van der Waals surface area contributed by atoms with Crippen LogP contribution in [0.5, 0.6) is 0 Å². The molecule has 5 heteroatoms. The second-order valence-corrected chi connectivity index (χ2v) is 8.41.